The fraction of sp³-hybridized carbons (Fsp3) is 0.250. The lowest BCUT2D eigenvalue weighted by Crippen LogP contribution is -2.03. The van der Waals surface area contributed by atoms with E-state index in [1.165, 1.54) is 0 Å². The van der Waals surface area contributed by atoms with Crippen LogP contribution < -0.4 is 10.5 Å². The van der Waals surface area contributed by atoms with Crippen molar-refractivity contribution in [1.29, 1.82) is 0 Å². The van der Waals surface area contributed by atoms with Crippen molar-refractivity contribution in [2.45, 2.75) is 6.54 Å². The molecule has 17 heavy (non-hydrogen) atoms. The van der Waals surface area contributed by atoms with Gasteiger partial charge in [-0.1, -0.05) is 6.07 Å². The first kappa shape index (κ1) is 11.5. The van der Waals surface area contributed by atoms with E-state index >= 15 is 0 Å². The number of hydrogen-bond acceptors (Lipinski definition) is 3. The largest absolute Gasteiger partial charge is 0.496 e. The summed E-state index contributed by atoms with van der Waals surface area (Å²) < 4.78 is 6.94. The van der Waals surface area contributed by atoms with Crippen LogP contribution in [0.4, 0.5) is 0 Å². The number of rotatable bonds is 3. The molecule has 2 rings (SSSR count). The minimum atomic E-state index is -0.958. The number of hydrogen-bond donors (Lipinski definition) is 2. The number of ether oxygens (including phenoxy) is 1. The van der Waals surface area contributed by atoms with Gasteiger partial charge >= 0.3 is 5.97 Å². The van der Waals surface area contributed by atoms with Gasteiger partial charge in [0, 0.05) is 24.5 Å². The van der Waals surface area contributed by atoms with Gasteiger partial charge in [0.2, 0.25) is 0 Å². The molecule has 0 amide bonds. The van der Waals surface area contributed by atoms with Crippen LogP contribution in [0.3, 0.4) is 0 Å². The standard InChI is InChI=1S/C12H14N2O3/c1-14-9-4-3-7(6-13)11(17-2)8(9)5-10(14)12(15)16/h3-5H,6,13H2,1-2H3,(H,15,16). The molecule has 0 bridgehead atoms. The Balaban J connectivity index is 2.81. The molecule has 0 aliphatic heterocycles. The maximum Gasteiger partial charge on any atom is 0.352 e. The molecule has 1 aromatic carbocycles. The molecule has 1 aromatic heterocycles. The van der Waals surface area contributed by atoms with Crippen molar-refractivity contribution in [1.82, 2.24) is 4.57 Å². The number of carboxylic acids is 1. The van der Waals surface area contributed by atoms with E-state index in [-0.39, 0.29) is 5.69 Å². The smallest absolute Gasteiger partial charge is 0.352 e. The molecule has 0 spiro atoms. The van der Waals surface area contributed by atoms with Gasteiger partial charge in [0.25, 0.3) is 0 Å². The highest BCUT2D eigenvalue weighted by molar-refractivity contribution is 5.97. The van der Waals surface area contributed by atoms with Crippen molar-refractivity contribution >= 4 is 16.9 Å². The summed E-state index contributed by atoms with van der Waals surface area (Å²) in [7, 11) is 3.27. The summed E-state index contributed by atoms with van der Waals surface area (Å²) in [6, 6.07) is 5.31. The zero-order chi connectivity index (χ0) is 12.6. The average Bonchev–Trinajstić information content (AvgIpc) is 2.65. The number of nitrogens with zero attached hydrogens (tertiary/aromatic N) is 1. The topological polar surface area (TPSA) is 77.5 Å². The van der Waals surface area contributed by atoms with Gasteiger partial charge in [-0.15, -0.1) is 0 Å². The van der Waals surface area contributed by atoms with E-state index in [4.69, 9.17) is 15.6 Å². The first-order chi connectivity index (χ1) is 8.10. The first-order valence-electron chi connectivity index (χ1n) is 5.18. The lowest BCUT2D eigenvalue weighted by Gasteiger charge is -2.08. The summed E-state index contributed by atoms with van der Waals surface area (Å²) >= 11 is 0. The van der Waals surface area contributed by atoms with E-state index < -0.39 is 5.97 Å². The number of carboxylic acid groups (broad SMARTS) is 1. The second kappa shape index (κ2) is 4.10. The van der Waals surface area contributed by atoms with Gasteiger partial charge in [-0.2, -0.15) is 0 Å². The van der Waals surface area contributed by atoms with Crippen molar-refractivity contribution < 1.29 is 14.6 Å². The summed E-state index contributed by atoms with van der Waals surface area (Å²) in [6.07, 6.45) is 0. The maximum absolute atomic E-state index is 11.1. The molecule has 2 aromatic rings. The Hall–Kier alpha value is -2.01. The fourth-order valence-corrected chi connectivity index (χ4v) is 2.04. The number of nitrogens with two attached hydrogens (primary N) is 1. The van der Waals surface area contributed by atoms with Crippen LogP contribution in [0.5, 0.6) is 5.75 Å². The summed E-state index contributed by atoms with van der Waals surface area (Å²) in [4.78, 5) is 11.1. The monoisotopic (exact) mass is 234 g/mol. The van der Waals surface area contributed by atoms with Gasteiger partial charge in [-0.25, -0.2) is 4.79 Å². The molecule has 0 aliphatic rings. The Morgan fingerprint density at radius 1 is 1.53 bits per heavy atom. The van der Waals surface area contributed by atoms with Crippen molar-refractivity contribution in [3.63, 3.8) is 0 Å². The molecule has 3 N–H and O–H groups in total. The van der Waals surface area contributed by atoms with Crippen LogP contribution in [0.2, 0.25) is 0 Å². The number of methoxy groups -OCH3 is 1. The number of benzene rings is 1. The molecule has 1 heterocycles. The average molecular weight is 234 g/mol. The zero-order valence-corrected chi connectivity index (χ0v) is 9.73. The van der Waals surface area contributed by atoms with Gasteiger partial charge in [0.05, 0.1) is 12.6 Å². The number of aromatic carboxylic acids is 1. The van der Waals surface area contributed by atoms with Gasteiger partial charge in [0.1, 0.15) is 11.4 Å². The quantitative estimate of drug-likeness (QED) is 0.840. The van der Waals surface area contributed by atoms with Gasteiger partial charge in [-0.05, 0) is 12.1 Å². The van der Waals surface area contributed by atoms with Crippen molar-refractivity contribution in [2.75, 3.05) is 7.11 Å². The molecule has 5 nitrogen and oxygen atoms in total. The van der Waals surface area contributed by atoms with Gasteiger partial charge in [-0.3, -0.25) is 0 Å². The predicted molar refractivity (Wildman–Crippen MR) is 64.3 cm³/mol. The normalized spacial score (nSPS) is 10.8. The molecule has 0 saturated carbocycles. The van der Waals surface area contributed by atoms with Crippen molar-refractivity contribution in [3.8, 4) is 5.75 Å². The van der Waals surface area contributed by atoms with Gasteiger partial charge < -0.3 is 20.1 Å². The second-order valence-electron chi connectivity index (χ2n) is 3.79. The Bertz CT molecular complexity index is 587. The molecule has 0 atom stereocenters. The molecule has 0 unspecified atom stereocenters. The van der Waals surface area contributed by atoms with E-state index in [0.717, 1.165) is 16.5 Å². The lowest BCUT2D eigenvalue weighted by molar-refractivity contribution is 0.0687. The minimum absolute atomic E-state index is 0.229. The van der Waals surface area contributed by atoms with Crippen molar-refractivity contribution in [2.24, 2.45) is 12.8 Å². The van der Waals surface area contributed by atoms with Crippen LogP contribution in [0.1, 0.15) is 16.1 Å². The molecule has 90 valence electrons. The molecule has 0 fully saturated rings. The summed E-state index contributed by atoms with van der Waals surface area (Å²) in [5.41, 5.74) is 7.53. The minimum Gasteiger partial charge on any atom is -0.496 e. The van der Waals surface area contributed by atoms with E-state index in [2.05, 4.69) is 0 Å². The van der Waals surface area contributed by atoms with Gasteiger partial charge in [0.15, 0.2) is 0 Å². The van der Waals surface area contributed by atoms with Crippen LogP contribution in [0.15, 0.2) is 18.2 Å². The molecular weight excluding hydrogens is 220 g/mol. The van der Waals surface area contributed by atoms with E-state index in [0.29, 0.717) is 12.3 Å². The highest BCUT2D eigenvalue weighted by atomic mass is 16.5. The highest BCUT2D eigenvalue weighted by Gasteiger charge is 2.16. The predicted octanol–water partition coefficient (Wildman–Crippen LogP) is 1.34. The zero-order valence-electron chi connectivity index (χ0n) is 9.73. The lowest BCUT2D eigenvalue weighted by atomic mass is 10.1. The number of aryl methyl sites for hydroxylation is 1. The number of fused-ring (bicyclic) bond motifs is 1. The second-order valence-corrected chi connectivity index (χ2v) is 3.79. The number of aromatic nitrogens is 1. The molecule has 0 saturated heterocycles. The molecule has 5 heteroatoms. The van der Waals surface area contributed by atoms with E-state index in [9.17, 15) is 4.79 Å². The third kappa shape index (κ3) is 1.64. The Kier molecular flexibility index (Phi) is 2.77. The molecular formula is C12H14N2O3. The summed E-state index contributed by atoms with van der Waals surface area (Å²) in [5, 5.41) is 9.84. The first-order valence-corrected chi connectivity index (χ1v) is 5.18. The van der Waals surface area contributed by atoms with Crippen LogP contribution in [-0.4, -0.2) is 22.8 Å². The summed E-state index contributed by atoms with van der Waals surface area (Å²) in [6.45, 7) is 0.358. The fourth-order valence-electron chi connectivity index (χ4n) is 2.04. The van der Waals surface area contributed by atoms with Crippen LogP contribution in [0, 0.1) is 0 Å². The number of carbonyl (C=O) groups is 1. The van der Waals surface area contributed by atoms with E-state index in [1.807, 2.05) is 12.1 Å². The Morgan fingerprint density at radius 2 is 2.24 bits per heavy atom. The van der Waals surface area contributed by atoms with Crippen molar-refractivity contribution in [3.05, 3.63) is 29.5 Å². The maximum atomic E-state index is 11.1. The summed E-state index contributed by atoms with van der Waals surface area (Å²) in [5.74, 6) is -0.312. The van der Waals surface area contributed by atoms with Crippen LogP contribution in [-0.2, 0) is 13.6 Å². The molecule has 0 radical (unpaired) electrons. The Labute approximate surface area is 98.4 Å². The van der Waals surface area contributed by atoms with E-state index in [1.54, 1.807) is 24.8 Å². The highest BCUT2D eigenvalue weighted by Crippen LogP contribution is 2.31. The van der Waals surface area contributed by atoms with Crippen LogP contribution in [0.25, 0.3) is 10.9 Å². The molecule has 0 aliphatic carbocycles. The third-order valence-electron chi connectivity index (χ3n) is 2.90. The Morgan fingerprint density at radius 3 is 2.76 bits per heavy atom. The third-order valence-corrected chi connectivity index (χ3v) is 2.90. The van der Waals surface area contributed by atoms with Crippen LogP contribution >= 0.6 is 0 Å². The SMILES string of the molecule is COc1c(CN)ccc2c1cc(C(=O)O)n2C.